The van der Waals surface area contributed by atoms with E-state index in [9.17, 15) is 14.9 Å². The Morgan fingerprint density at radius 1 is 0.907 bits per heavy atom. The highest BCUT2D eigenvalue weighted by Gasteiger charge is 2.14. The second-order valence-electron chi connectivity index (χ2n) is 10.0. The smallest absolute Gasteiger partial charge is 0.282 e. The van der Waals surface area contributed by atoms with Crippen molar-refractivity contribution < 1.29 is 9.66 Å². The fraction of sp³-hybridized carbons (Fsp3) is 0.0882. The molecule has 0 aliphatic rings. The zero-order valence-corrected chi connectivity index (χ0v) is 23.5. The summed E-state index contributed by atoms with van der Waals surface area (Å²) >= 11 is 0. The summed E-state index contributed by atoms with van der Waals surface area (Å²) in [6.07, 6.45) is 1.70. The monoisotopic (exact) mass is 569 g/mol. The zero-order chi connectivity index (χ0) is 29.9. The van der Waals surface area contributed by atoms with Gasteiger partial charge < -0.3 is 9.30 Å². The summed E-state index contributed by atoms with van der Waals surface area (Å²) in [7, 11) is 0. The van der Waals surface area contributed by atoms with Gasteiger partial charge in [0.2, 0.25) is 0 Å². The third-order valence-electron chi connectivity index (χ3n) is 7.22. The summed E-state index contributed by atoms with van der Waals surface area (Å²) < 4.78 is 9.36. The molecule has 0 bridgehead atoms. The summed E-state index contributed by atoms with van der Waals surface area (Å²) in [6, 6.07) is 32.9. The van der Waals surface area contributed by atoms with Crippen LogP contribution in [0.1, 0.15) is 22.5 Å². The summed E-state index contributed by atoms with van der Waals surface area (Å²) in [5.41, 5.74) is 5.86. The molecule has 0 radical (unpaired) electrons. The number of ether oxygens (including phenoxy) is 1. The van der Waals surface area contributed by atoms with Crippen LogP contribution in [-0.4, -0.2) is 25.4 Å². The lowest BCUT2D eigenvalue weighted by Gasteiger charge is -2.12. The van der Waals surface area contributed by atoms with Crippen LogP contribution in [0, 0.1) is 24.0 Å². The van der Waals surface area contributed by atoms with Gasteiger partial charge in [-0.2, -0.15) is 9.78 Å². The van der Waals surface area contributed by atoms with Gasteiger partial charge in [-0.25, -0.2) is 4.98 Å². The van der Waals surface area contributed by atoms with Crippen molar-refractivity contribution in [3.63, 3.8) is 0 Å². The molecule has 0 amide bonds. The molecule has 212 valence electrons. The highest BCUT2D eigenvalue weighted by atomic mass is 16.6. The average Bonchev–Trinajstić information content (AvgIpc) is 3.32. The van der Waals surface area contributed by atoms with Gasteiger partial charge in [-0.15, -0.1) is 0 Å². The van der Waals surface area contributed by atoms with Crippen LogP contribution in [0.2, 0.25) is 0 Å². The Morgan fingerprint density at radius 3 is 2.33 bits per heavy atom. The van der Waals surface area contributed by atoms with Gasteiger partial charge in [-0.05, 0) is 74.0 Å². The van der Waals surface area contributed by atoms with Crippen molar-refractivity contribution in [1.29, 1.82) is 0 Å². The minimum absolute atomic E-state index is 0.0487. The van der Waals surface area contributed by atoms with E-state index >= 15 is 0 Å². The second-order valence-corrected chi connectivity index (χ2v) is 10.0. The minimum Gasteiger partial charge on any atom is -0.489 e. The van der Waals surface area contributed by atoms with E-state index in [1.165, 1.54) is 16.8 Å². The quantitative estimate of drug-likeness (QED) is 0.113. The fourth-order valence-corrected chi connectivity index (χ4v) is 5.01. The van der Waals surface area contributed by atoms with Gasteiger partial charge in [-0.3, -0.25) is 14.9 Å². The Morgan fingerprint density at radius 2 is 1.60 bits per heavy atom. The van der Waals surface area contributed by atoms with E-state index in [4.69, 9.17) is 9.72 Å². The Labute approximate surface area is 247 Å². The molecule has 0 fully saturated rings. The molecule has 0 saturated heterocycles. The van der Waals surface area contributed by atoms with Crippen molar-refractivity contribution >= 4 is 22.8 Å². The first-order valence-corrected chi connectivity index (χ1v) is 13.7. The fourth-order valence-electron chi connectivity index (χ4n) is 5.01. The van der Waals surface area contributed by atoms with Crippen LogP contribution >= 0.6 is 0 Å². The van der Waals surface area contributed by atoms with E-state index in [0.29, 0.717) is 29.1 Å². The van der Waals surface area contributed by atoms with Crippen molar-refractivity contribution in [2.75, 3.05) is 0 Å². The summed E-state index contributed by atoms with van der Waals surface area (Å²) in [4.78, 5) is 28.7. The summed E-state index contributed by atoms with van der Waals surface area (Å²) in [5.74, 6) is 1.15. The second kappa shape index (κ2) is 11.6. The number of fused-ring (bicyclic) bond motifs is 1. The molecular formula is C34H27N5O4. The summed E-state index contributed by atoms with van der Waals surface area (Å²) in [6.45, 7) is 4.32. The Balaban J connectivity index is 1.27. The van der Waals surface area contributed by atoms with Gasteiger partial charge in [0.15, 0.2) is 5.82 Å². The predicted molar refractivity (Wildman–Crippen MR) is 167 cm³/mol. The van der Waals surface area contributed by atoms with Crippen molar-refractivity contribution in [3.05, 3.63) is 152 Å². The van der Waals surface area contributed by atoms with Crippen LogP contribution in [0.25, 0.3) is 28.0 Å². The lowest BCUT2D eigenvalue weighted by atomic mass is 10.2. The molecule has 0 spiro atoms. The summed E-state index contributed by atoms with van der Waals surface area (Å²) in [5, 5.41) is 16.0. The van der Waals surface area contributed by atoms with Gasteiger partial charge >= 0.3 is 0 Å². The van der Waals surface area contributed by atoms with Gasteiger partial charge in [0.25, 0.3) is 11.2 Å². The molecule has 9 heteroatoms. The Hall–Kier alpha value is -5.83. The number of aryl methyl sites for hydroxylation is 1. The van der Waals surface area contributed by atoms with E-state index < -0.39 is 4.92 Å². The minimum atomic E-state index is -0.422. The SMILES string of the molecule is Cc1cc(C=Nn2c(-c3ccccc3)nc3ccccc3c2=O)c(C)n1-c1ccc(OCc2ccc([N+](=O)[O-])cc2)cc1. The van der Waals surface area contributed by atoms with Gasteiger partial charge in [0.05, 0.1) is 22.0 Å². The molecule has 0 atom stereocenters. The number of nitro groups is 1. The van der Waals surface area contributed by atoms with Crippen LogP contribution in [-0.2, 0) is 6.61 Å². The van der Waals surface area contributed by atoms with Gasteiger partial charge in [0.1, 0.15) is 12.4 Å². The lowest BCUT2D eigenvalue weighted by molar-refractivity contribution is -0.384. The number of nitrogens with zero attached hydrogens (tertiary/aromatic N) is 5. The third-order valence-corrected chi connectivity index (χ3v) is 7.22. The molecule has 0 aliphatic heterocycles. The van der Waals surface area contributed by atoms with E-state index in [-0.39, 0.29) is 11.2 Å². The van der Waals surface area contributed by atoms with E-state index in [1.807, 2.05) is 92.7 Å². The Bertz CT molecular complexity index is 2030. The molecule has 43 heavy (non-hydrogen) atoms. The molecule has 0 saturated carbocycles. The third kappa shape index (κ3) is 5.56. The molecule has 0 unspecified atom stereocenters. The molecule has 6 aromatic rings. The van der Waals surface area contributed by atoms with Crippen LogP contribution in [0.4, 0.5) is 5.69 Å². The molecule has 9 nitrogen and oxygen atoms in total. The first kappa shape index (κ1) is 27.3. The van der Waals surface area contributed by atoms with Crippen LogP contribution in [0.5, 0.6) is 5.75 Å². The first-order chi connectivity index (χ1) is 20.9. The van der Waals surface area contributed by atoms with Crippen LogP contribution in [0.15, 0.2) is 119 Å². The zero-order valence-electron chi connectivity index (χ0n) is 23.5. The molecule has 0 aliphatic carbocycles. The van der Waals surface area contributed by atoms with E-state index in [1.54, 1.807) is 24.4 Å². The maximum absolute atomic E-state index is 13.5. The van der Waals surface area contributed by atoms with Crippen LogP contribution < -0.4 is 10.3 Å². The van der Waals surface area contributed by atoms with Gasteiger partial charge in [0, 0.05) is 40.3 Å². The number of non-ortho nitro benzene ring substituents is 1. The lowest BCUT2D eigenvalue weighted by Crippen LogP contribution is -2.20. The van der Waals surface area contributed by atoms with Crippen LogP contribution in [0.3, 0.4) is 0 Å². The highest BCUT2D eigenvalue weighted by molar-refractivity contribution is 5.83. The maximum atomic E-state index is 13.5. The highest BCUT2D eigenvalue weighted by Crippen LogP contribution is 2.24. The predicted octanol–water partition coefficient (Wildman–Crippen LogP) is 6.84. The number of benzene rings is 4. The standard InChI is InChI=1S/C34H27N5O4/c1-23-20-27(21-35-38-33(26-8-4-3-5-9-26)36-32-11-7-6-10-31(32)34(38)40)24(2)37(23)28-16-18-30(19-17-28)43-22-25-12-14-29(15-13-25)39(41)42/h3-21H,22H2,1-2H3. The number of nitro benzene ring substituents is 1. The number of rotatable bonds is 8. The molecule has 0 N–H and O–H groups in total. The molecule has 2 aromatic heterocycles. The van der Waals surface area contributed by atoms with Crippen molar-refractivity contribution in [3.8, 4) is 22.8 Å². The molecular weight excluding hydrogens is 542 g/mol. The molecule has 6 rings (SSSR count). The van der Waals surface area contributed by atoms with Crippen molar-refractivity contribution in [2.45, 2.75) is 20.5 Å². The molecule has 2 heterocycles. The van der Waals surface area contributed by atoms with E-state index in [0.717, 1.165) is 33.8 Å². The van der Waals surface area contributed by atoms with Crippen molar-refractivity contribution in [2.24, 2.45) is 5.10 Å². The first-order valence-electron chi connectivity index (χ1n) is 13.7. The number of hydrogen-bond donors (Lipinski definition) is 0. The average molecular weight is 570 g/mol. The van der Waals surface area contributed by atoms with Crippen molar-refractivity contribution in [1.82, 2.24) is 14.2 Å². The molecule has 4 aromatic carbocycles. The Kier molecular flexibility index (Phi) is 7.36. The number of para-hydroxylation sites is 1. The normalized spacial score (nSPS) is 11.3. The number of hydrogen-bond acceptors (Lipinski definition) is 6. The van der Waals surface area contributed by atoms with Gasteiger partial charge in [-0.1, -0.05) is 42.5 Å². The largest absolute Gasteiger partial charge is 0.489 e. The topological polar surface area (TPSA) is 105 Å². The van der Waals surface area contributed by atoms with E-state index in [2.05, 4.69) is 9.67 Å². The maximum Gasteiger partial charge on any atom is 0.282 e. The number of aromatic nitrogens is 3.